The maximum Gasteiger partial charge on any atom is 0.523 e. The van der Waals surface area contributed by atoms with E-state index in [4.69, 9.17) is 0 Å². The molecule has 0 aliphatic heterocycles. The number of halogens is 5. The molecule has 0 saturated heterocycles. The monoisotopic (exact) mass is 339 g/mol. The van der Waals surface area contributed by atoms with E-state index >= 15 is 0 Å². The van der Waals surface area contributed by atoms with Gasteiger partial charge in [-0.2, -0.15) is 21.6 Å². The van der Waals surface area contributed by atoms with E-state index in [1.54, 1.807) is 0 Å². The van der Waals surface area contributed by atoms with Crippen LogP contribution >= 0.6 is 23.2 Å². The summed E-state index contributed by atoms with van der Waals surface area (Å²) in [5.41, 5.74) is -5.49. The summed E-state index contributed by atoms with van der Waals surface area (Å²) < 4.78 is 57.2. The van der Waals surface area contributed by atoms with Crippen LogP contribution in [0, 0.1) is 0 Å². The first-order valence-electron chi connectivity index (χ1n) is 1.94. The van der Waals surface area contributed by atoms with Gasteiger partial charge in [0.05, 0.1) is 0 Å². The molecular weight excluding hydrogens is 340 g/mol. The summed E-state index contributed by atoms with van der Waals surface area (Å²) in [5.74, 6) is 0. The Bertz CT molecular complexity index is 224. The van der Waals surface area contributed by atoms with Crippen LogP contribution in [0.3, 0.4) is 0 Å². The molecular formula is C2HAgCl2F3O3S. The third-order valence-corrected chi connectivity index (χ3v) is 1.89. The Hall–Kier alpha value is 1.02. The first kappa shape index (κ1) is 15.5. The van der Waals surface area contributed by atoms with Gasteiger partial charge in [-0.1, -0.05) is 23.2 Å². The summed E-state index contributed by atoms with van der Waals surface area (Å²) >= 11 is 9.26. The normalized spacial score (nSPS) is 12.8. The molecule has 0 fully saturated rings. The molecule has 0 unspecified atom stereocenters. The molecule has 79 valence electrons. The summed E-state index contributed by atoms with van der Waals surface area (Å²) in [6.45, 7) is 0. The van der Waals surface area contributed by atoms with Crippen LogP contribution in [0.1, 0.15) is 0 Å². The summed E-state index contributed by atoms with van der Waals surface area (Å²) in [5, 5.41) is -2.05. The fourth-order valence-corrected chi connectivity index (χ4v) is 1.03. The quantitative estimate of drug-likeness (QED) is 0.332. The van der Waals surface area contributed by atoms with Gasteiger partial charge in [0.2, 0.25) is 5.02 Å². The molecule has 0 spiro atoms. The van der Waals surface area contributed by atoms with Crippen LogP contribution in [0.25, 0.3) is 0 Å². The Morgan fingerprint density at radius 2 is 1.58 bits per heavy atom. The van der Waals surface area contributed by atoms with E-state index in [0.717, 1.165) is 0 Å². The molecule has 0 aromatic heterocycles. The molecule has 12 heavy (non-hydrogen) atoms. The number of rotatable bonds is 2. The zero-order valence-electron chi connectivity index (χ0n) is 4.90. The minimum atomic E-state index is -5.66. The van der Waals surface area contributed by atoms with Gasteiger partial charge < -0.3 is 0 Å². The van der Waals surface area contributed by atoms with Crippen LogP contribution in [-0.2, 0) is 36.7 Å². The summed E-state index contributed by atoms with van der Waals surface area (Å²) in [4.78, 5) is 0. The van der Waals surface area contributed by atoms with Crippen molar-refractivity contribution in [1.82, 2.24) is 0 Å². The second-order valence-corrected chi connectivity index (χ2v) is 3.84. The van der Waals surface area contributed by atoms with Crippen LogP contribution in [0.5, 0.6) is 0 Å². The predicted molar refractivity (Wildman–Crippen MR) is 31.6 cm³/mol. The van der Waals surface area contributed by atoms with Crippen molar-refractivity contribution in [2.24, 2.45) is 0 Å². The van der Waals surface area contributed by atoms with Crippen molar-refractivity contribution < 1.29 is 48.2 Å². The molecule has 0 rings (SSSR count). The average Bonchev–Trinajstić information content (AvgIpc) is 1.56. The van der Waals surface area contributed by atoms with Crippen LogP contribution in [0.15, 0.2) is 0 Å². The van der Waals surface area contributed by atoms with Crippen LogP contribution in [0.4, 0.5) is 13.2 Å². The van der Waals surface area contributed by atoms with Crippen molar-refractivity contribution in [3.05, 3.63) is 0 Å². The minimum absolute atomic E-state index is 0. The zero-order valence-corrected chi connectivity index (χ0v) is 8.71. The van der Waals surface area contributed by atoms with E-state index in [1.807, 2.05) is 0 Å². The van der Waals surface area contributed by atoms with E-state index in [1.165, 1.54) is 0 Å². The Balaban J connectivity index is 0. The molecule has 0 heterocycles. The minimum Gasteiger partial charge on any atom is -0.227 e. The molecule has 0 atom stereocenters. The zero-order chi connectivity index (χ0) is 9.28. The van der Waals surface area contributed by atoms with Crippen molar-refractivity contribution in [1.29, 1.82) is 0 Å². The maximum absolute atomic E-state index is 11.4. The number of hydrogen-bond donors (Lipinski definition) is 0. The van der Waals surface area contributed by atoms with Gasteiger partial charge in [0.15, 0.2) is 0 Å². The molecule has 0 aliphatic rings. The largest absolute Gasteiger partial charge is 0.523 e. The molecule has 10 heteroatoms. The van der Waals surface area contributed by atoms with Crippen molar-refractivity contribution in [3.63, 3.8) is 0 Å². The van der Waals surface area contributed by atoms with Gasteiger partial charge in [-0.25, -0.2) is 4.18 Å². The van der Waals surface area contributed by atoms with Crippen molar-refractivity contribution >= 4 is 33.3 Å². The van der Waals surface area contributed by atoms with Crippen molar-refractivity contribution in [3.8, 4) is 0 Å². The first-order chi connectivity index (χ1) is 4.67. The fraction of sp³-hybridized carbons (Fsp3) is 1.00. The Morgan fingerprint density at radius 1 is 1.25 bits per heavy atom. The van der Waals surface area contributed by atoms with E-state index in [0.29, 0.717) is 0 Å². The van der Waals surface area contributed by atoms with Gasteiger partial charge >= 0.3 is 15.6 Å². The Morgan fingerprint density at radius 3 is 1.67 bits per heavy atom. The van der Waals surface area contributed by atoms with Crippen LogP contribution in [0.2, 0.25) is 0 Å². The predicted octanol–water partition coefficient (Wildman–Crippen LogP) is 1.61. The van der Waals surface area contributed by atoms with Gasteiger partial charge in [-0.05, 0) is 0 Å². The van der Waals surface area contributed by atoms with E-state index in [9.17, 15) is 21.6 Å². The van der Waals surface area contributed by atoms with Gasteiger partial charge in [0.25, 0.3) is 0 Å². The molecule has 1 radical (unpaired) electrons. The third-order valence-electron chi connectivity index (χ3n) is 0.483. The molecule has 0 aliphatic carbocycles. The van der Waals surface area contributed by atoms with Crippen molar-refractivity contribution in [2.75, 3.05) is 0 Å². The summed E-state index contributed by atoms with van der Waals surface area (Å²) in [6.07, 6.45) is 0. The van der Waals surface area contributed by atoms with Gasteiger partial charge in [-0.3, -0.25) is 0 Å². The molecule has 0 N–H and O–H groups in total. The van der Waals surface area contributed by atoms with E-state index in [2.05, 4.69) is 27.4 Å². The fourth-order valence-electron chi connectivity index (χ4n) is 0.150. The molecule has 3 nitrogen and oxygen atoms in total. The Labute approximate surface area is 91.8 Å². The molecule has 0 aromatic carbocycles. The van der Waals surface area contributed by atoms with Crippen LogP contribution < -0.4 is 0 Å². The average molecular weight is 341 g/mol. The smallest absolute Gasteiger partial charge is 0.227 e. The second kappa shape index (κ2) is 5.04. The van der Waals surface area contributed by atoms with Crippen molar-refractivity contribution in [2.45, 2.75) is 10.5 Å². The Kier molecular flexibility index (Phi) is 6.51. The van der Waals surface area contributed by atoms with E-state index in [-0.39, 0.29) is 22.4 Å². The maximum atomic E-state index is 11.4. The van der Waals surface area contributed by atoms with Crippen LogP contribution in [-0.4, -0.2) is 18.9 Å². The molecule has 0 aromatic rings. The summed E-state index contributed by atoms with van der Waals surface area (Å²) in [7, 11) is -5.66. The standard InChI is InChI=1S/C2HCl2F3O3S.Ag/c3-1(4)10-11(8,9)2(5,6)7;/h1H;. The third kappa shape index (κ3) is 4.90. The van der Waals surface area contributed by atoms with Gasteiger partial charge in [0.1, 0.15) is 0 Å². The first-order valence-corrected chi connectivity index (χ1v) is 4.22. The second-order valence-electron chi connectivity index (χ2n) is 1.26. The summed E-state index contributed by atoms with van der Waals surface area (Å²) in [6, 6.07) is 0. The molecule has 0 saturated carbocycles. The van der Waals surface area contributed by atoms with Gasteiger partial charge in [0, 0.05) is 22.4 Å². The molecule has 0 amide bonds. The van der Waals surface area contributed by atoms with E-state index < -0.39 is 20.6 Å². The number of alkyl halides is 5. The topological polar surface area (TPSA) is 43.4 Å². The molecule has 0 bridgehead atoms. The number of hydrogen-bond acceptors (Lipinski definition) is 3. The SMILES string of the molecule is O=S(=O)(OC(Cl)Cl)C(F)(F)F.[Ag]. The van der Waals surface area contributed by atoms with Gasteiger partial charge in [-0.15, -0.1) is 0 Å².